The van der Waals surface area contributed by atoms with E-state index in [4.69, 9.17) is 27.5 Å². The van der Waals surface area contributed by atoms with E-state index < -0.39 is 85.1 Å². The van der Waals surface area contributed by atoms with Crippen molar-refractivity contribution in [3.63, 3.8) is 0 Å². The molecule has 0 spiro atoms. The summed E-state index contributed by atoms with van der Waals surface area (Å²) in [6, 6.07) is 0.877. The van der Waals surface area contributed by atoms with E-state index >= 15 is 0 Å². The number of carbonyl (C=O) groups is 7. The van der Waals surface area contributed by atoms with Gasteiger partial charge in [0.15, 0.2) is 5.96 Å². The molecule has 4 atom stereocenters. The number of hydrogen-bond acceptors (Lipinski definition) is 11. The summed E-state index contributed by atoms with van der Waals surface area (Å²) in [5, 5.41) is 29.3. The maximum atomic E-state index is 13.9. The van der Waals surface area contributed by atoms with Crippen molar-refractivity contribution in [3.05, 3.63) is 45.8 Å². The van der Waals surface area contributed by atoms with Crippen LogP contribution < -0.4 is 33.2 Å². The van der Waals surface area contributed by atoms with Crippen molar-refractivity contribution in [3.8, 4) is 0 Å². The number of nitrogens with zero attached hydrogens (tertiary/aromatic N) is 5. The number of amides is 5. The summed E-state index contributed by atoms with van der Waals surface area (Å²) in [6.07, 6.45) is -1.28. The number of nitrogens with two attached hydrogens (primary N) is 3. The van der Waals surface area contributed by atoms with E-state index in [2.05, 4.69) is 31.0 Å². The Morgan fingerprint density at radius 2 is 1.55 bits per heavy atom. The van der Waals surface area contributed by atoms with Gasteiger partial charge < -0.3 is 53.0 Å². The van der Waals surface area contributed by atoms with Crippen molar-refractivity contribution in [2.24, 2.45) is 27.3 Å². The number of aliphatic hydroxyl groups excluding tert-OH is 1. The van der Waals surface area contributed by atoms with Crippen LogP contribution in [0.4, 0.5) is 0 Å². The van der Waals surface area contributed by atoms with Crippen LogP contribution in [0.3, 0.4) is 0 Å². The molecule has 0 saturated heterocycles. The van der Waals surface area contributed by atoms with Crippen LogP contribution in [-0.4, -0.2) is 113 Å². The summed E-state index contributed by atoms with van der Waals surface area (Å²) in [6.45, 7) is -0.744. The van der Waals surface area contributed by atoms with E-state index in [0.717, 1.165) is 0 Å². The number of aliphatic carboxylic acids is 1. The number of nitrogens with one attached hydrogen (secondary N) is 3. The third-order valence-electron chi connectivity index (χ3n) is 7.58. The molecule has 21 heteroatoms. The van der Waals surface area contributed by atoms with Gasteiger partial charge in [0.05, 0.1) is 13.2 Å². The summed E-state index contributed by atoms with van der Waals surface area (Å²) in [5.74, 6) is -6.59. The van der Waals surface area contributed by atoms with Crippen molar-refractivity contribution in [2.45, 2.75) is 75.7 Å². The zero-order valence-electron chi connectivity index (χ0n) is 27.7. The number of primary amides is 1. The fraction of sp³-hybridized carbons (Fsp3) is 0.533. The largest absolute Gasteiger partial charge is 0.481 e. The lowest BCUT2D eigenvalue weighted by Crippen LogP contribution is -2.58. The predicted octanol–water partition coefficient (Wildman–Crippen LogP) is -2.11. The van der Waals surface area contributed by atoms with Gasteiger partial charge in [0, 0.05) is 43.0 Å². The monoisotopic (exact) mass is 717 g/mol. The first kappa shape index (κ1) is 41.2. The van der Waals surface area contributed by atoms with Gasteiger partial charge in [-0.25, -0.2) is 0 Å². The van der Waals surface area contributed by atoms with E-state index in [1.807, 2.05) is 0 Å². The summed E-state index contributed by atoms with van der Waals surface area (Å²) >= 11 is 0. The Kier molecular flexibility index (Phi) is 17.1. The molecule has 1 aromatic rings. The van der Waals surface area contributed by atoms with Crippen LogP contribution in [0.25, 0.3) is 10.4 Å². The van der Waals surface area contributed by atoms with E-state index in [9.17, 15) is 43.8 Å². The number of aliphatic hydroxyl groups is 1. The Bertz CT molecular complexity index is 1510. The molecule has 51 heavy (non-hydrogen) atoms. The second-order valence-electron chi connectivity index (χ2n) is 11.3. The molecule has 5 amide bonds. The molecule has 1 aliphatic rings. The van der Waals surface area contributed by atoms with Crippen LogP contribution in [-0.2, 0) is 40.0 Å². The molecule has 0 unspecified atom stereocenters. The minimum atomic E-state index is -1.55. The number of guanidine groups is 1. The molecule has 0 radical (unpaired) electrons. The van der Waals surface area contributed by atoms with Gasteiger partial charge in [0.1, 0.15) is 24.2 Å². The zero-order valence-corrected chi connectivity index (χ0v) is 27.7. The van der Waals surface area contributed by atoms with Crippen LogP contribution in [0.15, 0.2) is 34.4 Å². The van der Waals surface area contributed by atoms with Crippen molar-refractivity contribution in [1.82, 2.24) is 20.9 Å². The lowest BCUT2D eigenvalue weighted by molar-refractivity contribution is -0.144. The van der Waals surface area contributed by atoms with Gasteiger partial charge in [-0.3, -0.25) is 38.6 Å². The minimum absolute atomic E-state index is 0.00419. The molecule has 278 valence electrons. The lowest BCUT2D eigenvalue weighted by Gasteiger charge is -2.29. The molecule has 1 heterocycles. The summed E-state index contributed by atoms with van der Waals surface area (Å²) in [4.78, 5) is 97.1. The highest BCUT2D eigenvalue weighted by atomic mass is 16.5. The Morgan fingerprint density at radius 3 is 2.16 bits per heavy atom. The van der Waals surface area contributed by atoms with Crippen molar-refractivity contribution in [1.29, 1.82) is 0 Å². The van der Waals surface area contributed by atoms with Crippen LogP contribution in [0, 0.1) is 0 Å². The van der Waals surface area contributed by atoms with E-state index in [1.165, 1.54) is 4.90 Å². The normalized spacial score (nSPS) is 14.1. The number of hydrogen-bond donors (Lipinski definition) is 8. The SMILES string of the molecule is [N-]=[N+]=NCCCOC(=O)CC[C@H](C(=O)N[C@@H](CCC(=O)O)C(=O)N[C@@H](CCCN=C(N)N)C(=O)N[C@@H](CO)C(N)=O)N1Cc2ccccc2C1=O. The number of benzene rings is 1. The molecular formula is C30H43N11O10. The van der Waals surface area contributed by atoms with E-state index in [0.29, 0.717) is 11.1 Å². The topological polar surface area (TPSA) is 348 Å². The summed E-state index contributed by atoms with van der Waals surface area (Å²) in [7, 11) is 0. The number of ether oxygens (including phenoxy) is 1. The molecule has 0 aliphatic carbocycles. The van der Waals surface area contributed by atoms with Gasteiger partial charge in [-0.15, -0.1) is 0 Å². The molecule has 1 aromatic carbocycles. The van der Waals surface area contributed by atoms with E-state index in [1.54, 1.807) is 24.3 Å². The molecule has 2 rings (SSSR count). The molecule has 0 fully saturated rings. The van der Waals surface area contributed by atoms with Gasteiger partial charge in [0.25, 0.3) is 5.91 Å². The molecule has 0 bridgehead atoms. The molecule has 11 N–H and O–H groups in total. The van der Waals surface area contributed by atoms with Gasteiger partial charge >= 0.3 is 11.9 Å². The number of aliphatic imine (C=N–C) groups is 1. The number of carboxylic acid groups (broad SMARTS) is 1. The second-order valence-corrected chi connectivity index (χ2v) is 11.3. The van der Waals surface area contributed by atoms with Gasteiger partial charge in [-0.1, -0.05) is 23.3 Å². The second kappa shape index (κ2) is 21.2. The van der Waals surface area contributed by atoms with Crippen molar-refractivity contribution < 1.29 is 48.5 Å². The lowest BCUT2D eigenvalue weighted by atomic mass is 10.0. The summed E-state index contributed by atoms with van der Waals surface area (Å²) < 4.78 is 5.13. The maximum absolute atomic E-state index is 13.9. The van der Waals surface area contributed by atoms with Crippen LogP contribution in [0.2, 0.25) is 0 Å². The first-order chi connectivity index (χ1) is 24.3. The Morgan fingerprint density at radius 1 is 0.902 bits per heavy atom. The molecule has 0 saturated carbocycles. The van der Waals surface area contributed by atoms with Crippen LogP contribution in [0.5, 0.6) is 0 Å². The number of carbonyl (C=O) groups excluding carboxylic acids is 6. The number of azide groups is 1. The number of rotatable bonds is 23. The Balaban J connectivity index is 2.32. The minimum Gasteiger partial charge on any atom is -0.481 e. The van der Waals surface area contributed by atoms with Crippen LogP contribution >= 0.6 is 0 Å². The summed E-state index contributed by atoms with van der Waals surface area (Å²) in [5.41, 5.74) is 25.2. The molecular weight excluding hydrogens is 674 g/mol. The highest BCUT2D eigenvalue weighted by Gasteiger charge is 2.38. The average Bonchev–Trinajstić information content (AvgIpc) is 3.41. The van der Waals surface area contributed by atoms with Gasteiger partial charge in [-0.2, -0.15) is 0 Å². The standard InChI is InChI=1S/C30H43N11O10/c31-25(46)21(16-42)39-26(47)19(7-3-12-35-30(32)33)37-27(48)20(8-10-23(43)44)38-28(49)22(9-11-24(45)51-14-4-13-36-40-34)41-15-17-5-1-2-6-18(17)29(41)50/h1-2,5-6,19-22,42H,3-4,7-16H2,(H2,31,46)(H,37,48)(H,38,49)(H,39,47)(H,43,44)(H4,32,33,35)/t19-,20-,21-,22+/m0/s1. The Labute approximate surface area is 291 Å². The van der Waals surface area contributed by atoms with Gasteiger partial charge in [0.2, 0.25) is 23.6 Å². The quantitative estimate of drug-likeness (QED) is 0.0115. The first-order valence-corrected chi connectivity index (χ1v) is 15.9. The van der Waals surface area contributed by atoms with Crippen LogP contribution in [0.1, 0.15) is 60.9 Å². The zero-order chi connectivity index (χ0) is 37.9. The van der Waals surface area contributed by atoms with Gasteiger partial charge in [-0.05, 0) is 49.3 Å². The average molecular weight is 718 g/mol. The highest BCUT2D eigenvalue weighted by Crippen LogP contribution is 2.26. The van der Waals surface area contributed by atoms with E-state index in [-0.39, 0.29) is 64.3 Å². The highest BCUT2D eigenvalue weighted by molar-refractivity contribution is 6.02. The number of esters is 1. The van der Waals surface area contributed by atoms with Crippen molar-refractivity contribution >= 4 is 47.4 Å². The third-order valence-corrected chi connectivity index (χ3v) is 7.58. The third kappa shape index (κ3) is 13.8. The number of carboxylic acids is 1. The first-order valence-electron chi connectivity index (χ1n) is 15.9. The molecule has 1 aliphatic heterocycles. The number of fused-ring (bicyclic) bond motifs is 1. The fourth-order valence-corrected chi connectivity index (χ4v) is 4.98. The Hall–Kier alpha value is -5.95. The van der Waals surface area contributed by atoms with Crippen molar-refractivity contribution in [2.75, 3.05) is 26.3 Å². The maximum Gasteiger partial charge on any atom is 0.305 e. The predicted molar refractivity (Wildman–Crippen MR) is 178 cm³/mol. The molecule has 21 nitrogen and oxygen atoms in total. The fourth-order valence-electron chi connectivity index (χ4n) is 4.98. The molecule has 0 aromatic heterocycles. The smallest absolute Gasteiger partial charge is 0.305 e.